The van der Waals surface area contributed by atoms with Crippen molar-refractivity contribution in [1.29, 1.82) is 5.26 Å². The first-order valence-corrected chi connectivity index (χ1v) is 12.6. The molecule has 7 nitrogen and oxygen atoms in total. The zero-order valence-electron chi connectivity index (χ0n) is 18.9. The molecule has 0 spiro atoms. The molecule has 0 aliphatic carbocycles. The SMILES string of the molecule is CCOc1ccc(N2C(=O)C(Cc3ccc(Br)cc3)S/C2=C(/C#N)C(=O)NCc2ccco2)cc1. The molecule has 35 heavy (non-hydrogen) atoms. The first-order chi connectivity index (χ1) is 17.0. The van der Waals surface area contributed by atoms with Gasteiger partial charge in [0.15, 0.2) is 0 Å². The lowest BCUT2D eigenvalue weighted by Gasteiger charge is -2.19. The van der Waals surface area contributed by atoms with E-state index in [4.69, 9.17) is 9.15 Å². The number of thioether (sulfide) groups is 1. The predicted molar refractivity (Wildman–Crippen MR) is 138 cm³/mol. The van der Waals surface area contributed by atoms with E-state index >= 15 is 0 Å². The van der Waals surface area contributed by atoms with Gasteiger partial charge < -0.3 is 14.5 Å². The zero-order valence-corrected chi connectivity index (χ0v) is 21.3. The van der Waals surface area contributed by atoms with Gasteiger partial charge in [-0.05, 0) is 67.4 Å². The predicted octanol–water partition coefficient (Wildman–Crippen LogP) is 5.18. The Hall–Kier alpha value is -3.48. The van der Waals surface area contributed by atoms with Crippen LogP contribution in [0.5, 0.6) is 5.75 Å². The largest absolute Gasteiger partial charge is 0.494 e. The van der Waals surface area contributed by atoms with E-state index < -0.39 is 11.2 Å². The summed E-state index contributed by atoms with van der Waals surface area (Å²) in [5, 5.41) is 12.4. The van der Waals surface area contributed by atoms with Crippen molar-refractivity contribution in [3.05, 3.63) is 93.3 Å². The number of halogens is 1. The molecule has 1 aliphatic rings. The summed E-state index contributed by atoms with van der Waals surface area (Å²) in [5.74, 6) is 0.472. The second-order valence-electron chi connectivity index (χ2n) is 7.59. The van der Waals surface area contributed by atoms with E-state index in [2.05, 4.69) is 21.2 Å². The van der Waals surface area contributed by atoms with Crippen molar-refractivity contribution in [2.45, 2.75) is 25.1 Å². The molecule has 178 valence electrons. The molecule has 4 rings (SSSR count). The molecule has 3 aromatic rings. The molecule has 1 unspecified atom stereocenters. The van der Waals surface area contributed by atoms with Crippen LogP contribution < -0.4 is 15.0 Å². The molecule has 1 fully saturated rings. The standard InChI is InChI=1S/C26H22BrN3O4S/c1-2-33-20-11-9-19(10-12-20)30-25(32)23(14-17-5-7-18(27)8-6-17)35-26(30)22(15-28)24(31)29-16-21-4-3-13-34-21/h3-13,23H,2,14,16H2,1H3,(H,29,31)/b26-22-. The molecule has 0 saturated carbocycles. The lowest BCUT2D eigenvalue weighted by Crippen LogP contribution is -2.32. The summed E-state index contributed by atoms with van der Waals surface area (Å²) in [4.78, 5) is 28.0. The molecule has 2 aromatic carbocycles. The molecule has 2 amide bonds. The zero-order chi connectivity index (χ0) is 24.8. The van der Waals surface area contributed by atoms with Crippen molar-refractivity contribution in [1.82, 2.24) is 5.32 Å². The van der Waals surface area contributed by atoms with Crippen LogP contribution in [0.1, 0.15) is 18.2 Å². The Morgan fingerprint density at radius 3 is 2.57 bits per heavy atom. The van der Waals surface area contributed by atoms with Gasteiger partial charge in [0.25, 0.3) is 5.91 Å². The fraction of sp³-hybridized carbons (Fsp3) is 0.192. The van der Waals surface area contributed by atoms with Crippen LogP contribution in [-0.2, 0) is 22.6 Å². The summed E-state index contributed by atoms with van der Waals surface area (Å²) in [6, 6.07) is 20.2. The molecular formula is C26H22BrN3O4S. The maximum Gasteiger partial charge on any atom is 0.265 e. The topological polar surface area (TPSA) is 95.6 Å². The van der Waals surface area contributed by atoms with Crippen LogP contribution in [-0.4, -0.2) is 23.7 Å². The van der Waals surface area contributed by atoms with Crippen LogP contribution in [0, 0.1) is 11.3 Å². The maximum atomic E-state index is 13.6. The number of nitrogens with one attached hydrogen (secondary N) is 1. The van der Waals surface area contributed by atoms with Gasteiger partial charge in [-0.15, -0.1) is 0 Å². The third-order valence-corrected chi connectivity index (χ3v) is 7.04. The second kappa shape index (κ2) is 11.3. The van der Waals surface area contributed by atoms with Crippen molar-refractivity contribution in [2.24, 2.45) is 0 Å². The number of benzene rings is 2. The fourth-order valence-corrected chi connectivity index (χ4v) is 5.16. The van der Waals surface area contributed by atoms with Gasteiger partial charge in [0.2, 0.25) is 5.91 Å². The number of furan rings is 1. The monoisotopic (exact) mass is 551 g/mol. The highest BCUT2D eigenvalue weighted by Gasteiger charge is 2.40. The Balaban J connectivity index is 1.67. The molecule has 1 saturated heterocycles. The molecule has 1 N–H and O–H groups in total. The lowest BCUT2D eigenvalue weighted by atomic mass is 10.1. The number of amides is 2. The summed E-state index contributed by atoms with van der Waals surface area (Å²) in [6.45, 7) is 2.55. The average Bonchev–Trinajstić information content (AvgIpc) is 3.49. The van der Waals surface area contributed by atoms with E-state index in [1.54, 1.807) is 36.4 Å². The first kappa shape index (κ1) is 24.6. The third kappa shape index (κ3) is 5.78. The third-order valence-electron chi connectivity index (χ3n) is 5.25. The van der Waals surface area contributed by atoms with Gasteiger partial charge in [0.05, 0.1) is 24.7 Å². The van der Waals surface area contributed by atoms with E-state index in [9.17, 15) is 14.9 Å². The summed E-state index contributed by atoms with van der Waals surface area (Å²) >= 11 is 4.65. The molecule has 1 aromatic heterocycles. The van der Waals surface area contributed by atoms with Crippen LogP contribution in [0.2, 0.25) is 0 Å². The summed E-state index contributed by atoms with van der Waals surface area (Å²) in [6.07, 6.45) is 1.97. The number of carbonyl (C=O) groups is 2. The smallest absolute Gasteiger partial charge is 0.265 e. The van der Waals surface area contributed by atoms with Crippen molar-refractivity contribution < 1.29 is 18.7 Å². The maximum absolute atomic E-state index is 13.6. The van der Waals surface area contributed by atoms with Gasteiger partial charge in [-0.2, -0.15) is 5.26 Å². The van der Waals surface area contributed by atoms with Crippen LogP contribution in [0.15, 0.2) is 86.4 Å². The van der Waals surface area contributed by atoms with E-state index in [1.807, 2.05) is 37.3 Å². The van der Waals surface area contributed by atoms with E-state index in [0.717, 1.165) is 10.0 Å². The molecule has 0 bridgehead atoms. The van der Waals surface area contributed by atoms with Crippen LogP contribution in [0.25, 0.3) is 0 Å². The van der Waals surface area contributed by atoms with Crippen molar-refractivity contribution >= 4 is 45.2 Å². The van der Waals surface area contributed by atoms with E-state index in [-0.39, 0.29) is 18.0 Å². The van der Waals surface area contributed by atoms with Crippen LogP contribution >= 0.6 is 27.7 Å². The minimum atomic E-state index is -0.570. The van der Waals surface area contributed by atoms with Gasteiger partial charge in [0.1, 0.15) is 28.2 Å². The lowest BCUT2D eigenvalue weighted by molar-refractivity contribution is -0.117. The number of hydrogen-bond acceptors (Lipinski definition) is 6. The average molecular weight is 552 g/mol. The Kier molecular flexibility index (Phi) is 7.95. The van der Waals surface area contributed by atoms with Gasteiger partial charge in [-0.3, -0.25) is 14.5 Å². The highest BCUT2D eigenvalue weighted by molar-refractivity contribution is 9.10. The number of nitriles is 1. The molecule has 1 aliphatic heterocycles. The van der Waals surface area contributed by atoms with Crippen LogP contribution in [0.3, 0.4) is 0 Å². The van der Waals surface area contributed by atoms with E-state index in [1.165, 1.54) is 22.9 Å². The molecule has 1 atom stereocenters. The number of anilines is 1. The molecular weight excluding hydrogens is 530 g/mol. The van der Waals surface area contributed by atoms with Gasteiger partial charge in [0, 0.05) is 10.2 Å². The Labute approximate surface area is 215 Å². The van der Waals surface area contributed by atoms with Gasteiger partial charge in [-0.1, -0.05) is 39.8 Å². The molecule has 2 heterocycles. The second-order valence-corrected chi connectivity index (χ2v) is 9.70. The minimum Gasteiger partial charge on any atom is -0.494 e. The number of nitrogens with zero attached hydrogens (tertiary/aromatic N) is 2. The molecule has 9 heteroatoms. The number of ether oxygens (including phenoxy) is 1. The quantitative estimate of drug-likeness (QED) is 0.306. The number of carbonyl (C=O) groups excluding carboxylic acids is 2. The number of hydrogen-bond donors (Lipinski definition) is 1. The van der Waals surface area contributed by atoms with Crippen LogP contribution in [0.4, 0.5) is 5.69 Å². The normalized spacial score (nSPS) is 16.7. The first-order valence-electron chi connectivity index (χ1n) is 10.9. The van der Waals surface area contributed by atoms with Crippen molar-refractivity contribution in [2.75, 3.05) is 11.5 Å². The number of rotatable bonds is 8. The Bertz CT molecular complexity index is 1270. The highest BCUT2D eigenvalue weighted by Crippen LogP contribution is 2.42. The van der Waals surface area contributed by atoms with Crippen molar-refractivity contribution in [3.8, 4) is 11.8 Å². The Morgan fingerprint density at radius 1 is 1.20 bits per heavy atom. The minimum absolute atomic E-state index is 0.123. The molecule has 0 radical (unpaired) electrons. The van der Waals surface area contributed by atoms with Gasteiger partial charge in [-0.25, -0.2) is 0 Å². The highest BCUT2D eigenvalue weighted by atomic mass is 79.9. The summed E-state index contributed by atoms with van der Waals surface area (Å²) < 4.78 is 11.7. The van der Waals surface area contributed by atoms with Gasteiger partial charge >= 0.3 is 0 Å². The Morgan fingerprint density at radius 2 is 1.94 bits per heavy atom. The van der Waals surface area contributed by atoms with E-state index in [0.29, 0.717) is 35.3 Å². The fourth-order valence-electron chi connectivity index (χ4n) is 3.58. The summed E-state index contributed by atoms with van der Waals surface area (Å²) in [7, 11) is 0. The van der Waals surface area contributed by atoms with Crippen molar-refractivity contribution in [3.63, 3.8) is 0 Å². The summed E-state index contributed by atoms with van der Waals surface area (Å²) in [5.41, 5.74) is 1.42.